The number of nitrogens with zero attached hydrogens (tertiary/aromatic N) is 3. The number of amides is 1. The van der Waals surface area contributed by atoms with Crippen molar-refractivity contribution in [2.24, 2.45) is 0 Å². The van der Waals surface area contributed by atoms with E-state index in [0.717, 1.165) is 5.56 Å². The second-order valence-corrected chi connectivity index (χ2v) is 8.95. The third-order valence-corrected chi connectivity index (χ3v) is 6.44. The molecule has 1 fully saturated rings. The zero-order valence-corrected chi connectivity index (χ0v) is 18.9. The predicted octanol–water partition coefficient (Wildman–Crippen LogP) is 4.29. The molecule has 1 atom stereocenters. The number of hydrogen-bond donors (Lipinski definition) is 0. The molecule has 4 rings (SSSR count). The molecule has 1 saturated heterocycles. The summed E-state index contributed by atoms with van der Waals surface area (Å²) in [5.74, 6) is -1.34. The molecule has 2 heterocycles. The van der Waals surface area contributed by atoms with E-state index in [1.807, 2.05) is 44.2 Å². The van der Waals surface area contributed by atoms with Gasteiger partial charge >= 0.3 is 5.97 Å². The van der Waals surface area contributed by atoms with Crippen LogP contribution in [0.2, 0.25) is 0 Å². The average Bonchev–Trinajstić information content (AvgIpc) is 2.82. The number of likely N-dealkylation sites (N-methyl/N-ethyl adjacent to an activating group) is 1. The lowest BCUT2D eigenvalue weighted by atomic mass is 9.72. The highest BCUT2D eigenvalue weighted by Gasteiger charge is 2.58. The van der Waals surface area contributed by atoms with E-state index in [9.17, 15) is 14.0 Å². The maximum absolute atomic E-state index is 13.6. The maximum atomic E-state index is 13.6. The van der Waals surface area contributed by atoms with E-state index in [1.165, 1.54) is 24.5 Å². The van der Waals surface area contributed by atoms with Crippen molar-refractivity contribution in [1.82, 2.24) is 14.9 Å². The van der Waals surface area contributed by atoms with Gasteiger partial charge in [0.1, 0.15) is 12.4 Å². The number of hydrogen-bond acceptors (Lipinski definition) is 5. The molecule has 0 radical (unpaired) electrons. The highest BCUT2D eigenvalue weighted by Crippen LogP contribution is 2.41. The van der Waals surface area contributed by atoms with Crippen LogP contribution in [0.15, 0.2) is 67.0 Å². The van der Waals surface area contributed by atoms with Crippen molar-refractivity contribution < 1.29 is 18.7 Å². The van der Waals surface area contributed by atoms with E-state index in [1.54, 1.807) is 24.1 Å². The molecule has 0 saturated carbocycles. The summed E-state index contributed by atoms with van der Waals surface area (Å²) in [6.45, 7) is 3.96. The molecule has 0 aliphatic carbocycles. The molecule has 33 heavy (non-hydrogen) atoms. The van der Waals surface area contributed by atoms with E-state index in [0.29, 0.717) is 17.5 Å². The minimum atomic E-state index is -1.64. The molecule has 6 nitrogen and oxygen atoms in total. The number of halogens is 1. The molecule has 1 aliphatic rings. The van der Waals surface area contributed by atoms with Crippen LogP contribution in [0, 0.1) is 5.82 Å². The van der Waals surface area contributed by atoms with E-state index in [4.69, 9.17) is 4.74 Å². The van der Waals surface area contributed by atoms with Crippen molar-refractivity contribution in [2.45, 2.75) is 44.2 Å². The Morgan fingerprint density at radius 2 is 1.73 bits per heavy atom. The molecule has 1 amide bonds. The topological polar surface area (TPSA) is 72.4 Å². The molecular weight excluding hydrogens is 421 g/mol. The molecule has 0 spiro atoms. The van der Waals surface area contributed by atoms with Crippen LogP contribution in [0.4, 0.5) is 4.39 Å². The number of aromatic nitrogens is 2. The summed E-state index contributed by atoms with van der Waals surface area (Å²) in [7, 11) is 1.68. The van der Waals surface area contributed by atoms with Gasteiger partial charge in [0.2, 0.25) is 11.3 Å². The van der Waals surface area contributed by atoms with Gasteiger partial charge in [-0.3, -0.25) is 9.59 Å². The summed E-state index contributed by atoms with van der Waals surface area (Å²) < 4.78 is 19.3. The molecule has 170 valence electrons. The second-order valence-electron chi connectivity index (χ2n) is 8.95. The van der Waals surface area contributed by atoms with E-state index in [2.05, 4.69) is 9.97 Å². The van der Waals surface area contributed by atoms with Crippen molar-refractivity contribution in [2.75, 3.05) is 7.05 Å². The van der Waals surface area contributed by atoms with Gasteiger partial charge in [-0.2, -0.15) is 0 Å². The highest BCUT2D eigenvalue weighted by molar-refractivity contribution is 6.08. The SMILES string of the molecule is CN1C(=O)C(C(=O)OCc2ccccc2)(c2ncc(-c3cccc(F)c3)cn2)CCC1(C)C. The van der Waals surface area contributed by atoms with E-state index in [-0.39, 0.29) is 24.7 Å². The molecule has 1 aliphatic heterocycles. The number of likely N-dealkylation sites (tertiary alicyclic amines) is 1. The Kier molecular flexibility index (Phi) is 5.97. The number of piperidine rings is 1. The van der Waals surface area contributed by atoms with Gasteiger partial charge in [0.25, 0.3) is 0 Å². The fraction of sp³-hybridized carbons (Fsp3) is 0.308. The average molecular weight is 448 g/mol. The standard InChI is InChI=1S/C26H26FN3O3/c1-25(2)12-13-26(23(31)30(25)3,24(32)33-17-18-8-5-4-6-9-18)22-28-15-20(16-29-22)19-10-7-11-21(27)14-19/h4-11,14-16H,12-13,17H2,1-3H3. The summed E-state index contributed by atoms with van der Waals surface area (Å²) in [4.78, 5) is 37.5. The first kappa shape index (κ1) is 22.6. The van der Waals surface area contributed by atoms with Gasteiger partial charge in [0.15, 0.2) is 5.82 Å². The summed E-state index contributed by atoms with van der Waals surface area (Å²) in [6.07, 6.45) is 3.83. The van der Waals surface area contributed by atoms with Crippen molar-refractivity contribution in [1.29, 1.82) is 0 Å². The molecule has 0 bridgehead atoms. The van der Waals surface area contributed by atoms with Crippen molar-refractivity contribution >= 4 is 11.9 Å². The summed E-state index contributed by atoms with van der Waals surface area (Å²) in [6, 6.07) is 15.4. The van der Waals surface area contributed by atoms with Crippen LogP contribution in [0.5, 0.6) is 0 Å². The number of carbonyl (C=O) groups is 2. The Balaban J connectivity index is 1.70. The lowest BCUT2D eigenvalue weighted by molar-refractivity contribution is -0.166. The highest BCUT2D eigenvalue weighted by atomic mass is 19.1. The third kappa shape index (κ3) is 4.23. The maximum Gasteiger partial charge on any atom is 0.329 e. The van der Waals surface area contributed by atoms with Gasteiger partial charge in [-0.15, -0.1) is 0 Å². The Morgan fingerprint density at radius 3 is 2.39 bits per heavy atom. The van der Waals surface area contributed by atoms with Gasteiger partial charge in [0, 0.05) is 30.5 Å². The van der Waals surface area contributed by atoms with E-state index >= 15 is 0 Å². The van der Waals surface area contributed by atoms with Crippen LogP contribution >= 0.6 is 0 Å². The van der Waals surface area contributed by atoms with E-state index < -0.39 is 22.8 Å². The molecular formula is C26H26FN3O3. The molecule has 3 aromatic rings. The van der Waals surface area contributed by atoms with Gasteiger partial charge < -0.3 is 9.64 Å². The monoisotopic (exact) mass is 447 g/mol. The predicted molar refractivity (Wildman–Crippen MR) is 121 cm³/mol. The van der Waals surface area contributed by atoms with Crippen LogP contribution in [0.1, 0.15) is 38.1 Å². The Hall–Kier alpha value is -3.61. The van der Waals surface area contributed by atoms with Gasteiger partial charge in [0.05, 0.1) is 0 Å². The molecule has 7 heteroatoms. The van der Waals surface area contributed by atoms with Crippen molar-refractivity contribution in [3.05, 3.63) is 84.2 Å². The lowest BCUT2D eigenvalue weighted by Gasteiger charge is -2.46. The zero-order chi connectivity index (χ0) is 23.6. The number of ether oxygens (including phenoxy) is 1. The molecule has 2 aromatic carbocycles. The van der Waals surface area contributed by atoms with Crippen LogP contribution in [-0.4, -0.2) is 39.3 Å². The largest absolute Gasteiger partial charge is 0.460 e. The Morgan fingerprint density at radius 1 is 1.03 bits per heavy atom. The second kappa shape index (κ2) is 8.73. The van der Waals surface area contributed by atoms with Crippen LogP contribution < -0.4 is 0 Å². The van der Waals surface area contributed by atoms with Crippen molar-refractivity contribution in [3.8, 4) is 11.1 Å². The Labute approximate surface area is 192 Å². The van der Waals surface area contributed by atoms with Crippen LogP contribution in [-0.2, 0) is 26.3 Å². The molecule has 0 N–H and O–H groups in total. The van der Waals surface area contributed by atoms with Crippen LogP contribution in [0.25, 0.3) is 11.1 Å². The lowest BCUT2D eigenvalue weighted by Crippen LogP contribution is -2.62. The zero-order valence-electron chi connectivity index (χ0n) is 18.9. The first-order valence-corrected chi connectivity index (χ1v) is 10.8. The fourth-order valence-electron chi connectivity index (χ4n) is 4.03. The smallest absolute Gasteiger partial charge is 0.329 e. The molecule has 1 unspecified atom stereocenters. The number of esters is 1. The molecule has 1 aromatic heterocycles. The fourth-order valence-corrected chi connectivity index (χ4v) is 4.03. The van der Waals surface area contributed by atoms with Gasteiger partial charge in [-0.1, -0.05) is 42.5 Å². The minimum Gasteiger partial charge on any atom is -0.460 e. The summed E-state index contributed by atoms with van der Waals surface area (Å²) >= 11 is 0. The normalized spacial score (nSPS) is 19.9. The van der Waals surface area contributed by atoms with Crippen molar-refractivity contribution in [3.63, 3.8) is 0 Å². The first-order valence-electron chi connectivity index (χ1n) is 10.8. The summed E-state index contributed by atoms with van der Waals surface area (Å²) in [5.41, 5.74) is -0.0415. The van der Waals surface area contributed by atoms with Gasteiger partial charge in [-0.25, -0.2) is 14.4 Å². The Bertz CT molecular complexity index is 1160. The quantitative estimate of drug-likeness (QED) is 0.431. The summed E-state index contributed by atoms with van der Waals surface area (Å²) in [5, 5.41) is 0. The number of rotatable bonds is 5. The first-order chi connectivity index (χ1) is 15.7. The van der Waals surface area contributed by atoms with Crippen LogP contribution in [0.3, 0.4) is 0 Å². The number of carbonyl (C=O) groups excluding carboxylic acids is 2. The number of benzene rings is 2. The van der Waals surface area contributed by atoms with Gasteiger partial charge in [-0.05, 0) is 49.9 Å². The third-order valence-electron chi connectivity index (χ3n) is 6.44. The minimum absolute atomic E-state index is 0.0448.